The highest BCUT2D eigenvalue weighted by atomic mass is 16.2. The standard InChI is InChI=1S/C13H20N4O/c18-13-16-12(11-4-2-7-15-11)9-17(13)8-5-10-3-1-6-14-10/h2,4,7,10,12,14-15H,1,3,5-6,8-9H2,(H,16,18). The number of aromatic amines is 1. The first-order valence-corrected chi connectivity index (χ1v) is 6.75. The van der Waals surface area contributed by atoms with Crippen LogP contribution in [0.3, 0.4) is 0 Å². The molecule has 0 spiro atoms. The minimum Gasteiger partial charge on any atom is -0.363 e. The first-order valence-electron chi connectivity index (χ1n) is 6.75. The number of hydrogen-bond donors (Lipinski definition) is 3. The lowest BCUT2D eigenvalue weighted by atomic mass is 10.1. The maximum atomic E-state index is 11.9. The molecule has 18 heavy (non-hydrogen) atoms. The van der Waals surface area contributed by atoms with Crippen LogP contribution in [0.5, 0.6) is 0 Å². The summed E-state index contributed by atoms with van der Waals surface area (Å²) in [5, 5.41) is 6.49. The lowest BCUT2D eigenvalue weighted by molar-refractivity contribution is 0.215. The Morgan fingerprint density at radius 2 is 2.39 bits per heavy atom. The smallest absolute Gasteiger partial charge is 0.318 e. The second-order valence-corrected chi connectivity index (χ2v) is 5.16. The number of carbonyl (C=O) groups is 1. The molecule has 2 aliphatic rings. The fourth-order valence-corrected chi connectivity index (χ4v) is 2.83. The molecule has 5 heteroatoms. The van der Waals surface area contributed by atoms with E-state index in [2.05, 4.69) is 15.6 Å². The van der Waals surface area contributed by atoms with Crippen molar-refractivity contribution in [2.75, 3.05) is 19.6 Å². The van der Waals surface area contributed by atoms with Gasteiger partial charge in [0.05, 0.1) is 6.04 Å². The topological polar surface area (TPSA) is 60.2 Å². The fraction of sp³-hybridized carbons (Fsp3) is 0.615. The van der Waals surface area contributed by atoms with Gasteiger partial charge < -0.3 is 20.5 Å². The third-order valence-corrected chi connectivity index (χ3v) is 3.90. The molecule has 0 radical (unpaired) electrons. The summed E-state index contributed by atoms with van der Waals surface area (Å²) in [5.41, 5.74) is 1.09. The monoisotopic (exact) mass is 248 g/mol. The van der Waals surface area contributed by atoms with Gasteiger partial charge in [-0.2, -0.15) is 0 Å². The van der Waals surface area contributed by atoms with Crippen LogP contribution < -0.4 is 10.6 Å². The van der Waals surface area contributed by atoms with Crippen molar-refractivity contribution in [2.24, 2.45) is 0 Å². The first-order chi connectivity index (χ1) is 8.83. The Labute approximate surface area is 107 Å². The molecule has 2 unspecified atom stereocenters. The number of amides is 2. The fourth-order valence-electron chi connectivity index (χ4n) is 2.83. The van der Waals surface area contributed by atoms with Gasteiger partial charge in [0.15, 0.2) is 0 Å². The molecule has 2 saturated heterocycles. The summed E-state index contributed by atoms with van der Waals surface area (Å²) in [4.78, 5) is 17.0. The Morgan fingerprint density at radius 1 is 1.44 bits per heavy atom. The van der Waals surface area contributed by atoms with E-state index in [0.717, 1.165) is 31.7 Å². The van der Waals surface area contributed by atoms with Gasteiger partial charge in [0.25, 0.3) is 0 Å². The van der Waals surface area contributed by atoms with Gasteiger partial charge >= 0.3 is 6.03 Å². The molecule has 1 aromatic rings. The summed E-state index contributed by atoms with van der Waals surface area (Å²) in [6.07, 6.45) is 5.47. The van der Waals surface area contributed by atoms with E-state index in [1.165, 1.54) is 12.8 Å². The van der Waals surface area contributed by atoms with Gasteiger partial charge in [-0.15, -0.1) is 0 Å². The number of H-pyrrole nitrogens is 1. The Morgan fingerprint density at radius 3 is 3.11 bits per heavy atom. The van der Waals surface area contributed by atoms with Crippen LogP contribution in [-0.4, -0.2) is 41.6 Å². The second-order valence-electron chi connectivity index (χ2n) is 5.16. The molecule has 1 aromatic heterocycles. The SMILES string of the molecule is O=C1NC(c2ccc[nH]2)CN1CCC1CCCN1. The number of nitrogens with one attached hydrogen (secondary N) is 3. The van der Waals surface area contributed by atoms with Crippen LogP contribution in [-0.2, 0) is 0 Å². The van der Waals surface area contributed by atoms with E-state index in [-0.39, 0.29) is 12.1 Å². The van der Waals surface area contributed by atoms with Crippen molar-refractivity contribution in [3.8, 4) is 0 Å². The molecule has 98 valence electrons. The zero-order valence-electron chi connectivity index (χ0n) is 10.5. The van der Waals surface area contributed by atoms with Gasteiger partial charge in [-0.05, 0) is 37.9 Å². The van der Waals surface area contributed by atoms with Crippen LogP contribution in [0, 0.1) is 0 Å². The lowest BCUT2D eigenvalue weighted by Crippen LogP contribution is -2.33. The molecular weight excluding hydrogens is 228 g/mol. The normalized spacial score (nSPS) is 27.8. The van der Waals surface area contributed by atoms with Crippen molar-refractivity contribution in [3.05, 3.63) is 24.0 Å². The minimum atomic E-state index is 0.0626. The largest absolute Gasteiger partial charge is 0.363 e. The van der Waals surface area contributed by atoms with Crippen molar-refractivity contribution in [2.45, 2.75) is 31.3 Å². The third-order valence-electron chi connectivity index (χ3n) is 3.90. The molecular formula is C13H20N4O. The van der Waals surface area contributed by atoms with Gasteiger partial charge in [0.1, 0.15) is 0 Å². The van der Waals surface area contributed by atoms with E-state index in [9.17, 15) is 4.79 Å². The Hall–Kier alpha value is -1.49. The van der Waals surface area contributed by atoms with Crippen LogP contribution in [0.2, 0.25) is 0 Å². The average molecular weight is 248 g/mol. The minimum absolute atomic E-state index is 0.0626. The van der Waals surface area contributed by atoms with E-state index in [0.29, 0.717) is 6.04 Å². The predicted octanol–water partition coefficient (Wildman–Crippen LogP) is 1.22. The van der Waals surface area contributed by atoms with Gasteiger partial charge in [-0.25, -0.2) is 4.79 Å². The molecule has 2 amide bonds. The van der Waals surface area contributed by atoms with Gasteiger partial charge in [0.2, 0.25) is 0 Å². The molecule has 3 N–H and O–H groups in total. The molecule has 2 atom stereocenters. The Bertz CT molecular complexity index is 397. The van der Waals surface area contributed by atoms with E-state index in [1.807, 2.05) is 23.2 Å². The first kappa shape index (κ1) is 11.6. The maximum absolute atomic E-state index is 11.9. The molecule has 0 aliphatic carbocycles. The molecule has 3 heterocycles. The number of urea groups is 1. The molecule has 2 fully saturated rings. The van der Waals surface area contributed by atoms with E-state index in [1.54, 1.807) is 0 Å². The summed E-state index contributed by atoms with van der Waals surface area (Å²) < 4.78 is 0. The van der Waals surface area contributed by atoms with Crippen molar-refractivity contribution in [3.63, 3.8) is 0 Å². The summed E-state index contributed by atoms with van der Waals surface area (Å²) in [6.45, 7) is 2.74. The zero-order chi connectivity index (χ0) is 12.4. The van der Waals surface area contributed by atoms with Gasteiger partial charge in [0, 0.05) is 31.0 Å². The summed E-state index contributed by atoms with van der Waals surface area (Å²) in [5.74, 6) is 0. The molecule has 0 bridgehead atoms. The Kier molecular flexibility index (Phi) is 3.23. The highest BCUT2D eigenvalue weighted by molar-refractivity contribution is 5.77. The average Bonchev–Trinajstić information content (AvgIpc) is 3.09. The number of rotatable bonds is 4. The van der Waals surface area contributed by atoms with Crippen molar-refractivity contribution in [1.29, 1.82) is 0 Å². The van der Waals surface area contributed by atoms with Crippen LogP contribution >= 0.6 is 0 Å². The van der Waals surface area contributed by atoms with E-state index < -0.39 is 0 Å². The van der Waals surface area contributed by atoms with Crippen molar-refractivity contribution in [1.82, 2.24) is 20.5 Å². The zero-order valence-corrected chi connectivity index (χ0v) is 10.5. The molecule has 5 nitrogen and oxygen atoms in total. The highest BCUT2D eigenvalue weighted by Crippen LogP contribution is 2.19. The van der Waals surface area contributed by atoms with E-state index >= 15 is 0 Å². The summed E-state index contributed by atoms with van der Waals surface area (Å²) in [6, 6.07) is 4.76. The number of hydrogen-bond acceptors (Lipinski definition) is 2. The summed E-state index contributed by atoms with van der Waals surface area (Å²) >= 11 is 0. The number of carbonyl (C=O) groups excluding carboxylic acids is 1. The Balaban J connectivity index is 1.52. The highest BCUT2D eigenvalue weighted by Gasteiger charge is 2.30. The third kappa shape index (κ3) is 2.36. The molecule has 3 rings (SSSR count). The maximum Gasteiger partial charge on any atom is 0.318 e. The van der Waals surface area contributed by atoms with E-state index in [4.69, 9.17) is 0 Å². The number of aromatic nitrogens is 1. The lowest BCUT2D eigenvalue weighted by Gasteiger charge is -2.17. The predicted molar refractivity (Wildman–Crippen MR) is 69.3 cm³/mol. The molecule has 2 aliphatic heterocycles. The van der Waals surface area contributed by atoms with Crippen LogP contribution in [0.1, 0.15) is 31.0 Å². The van der Waals surface area contributed by atoms with Crippen molar-refractivity contribution >= 4 is 6.03 Å². The van der Waals surface area contributed by atoms with Crippen LogP contribution in [0.4, 0.5) is 4.79 Å². The summed E-state index contributed by atoms with van der Waals surface area (Å²) in [7, 11) is 0. The molecule has 0 aromatic carbocycles. The van der Waals surface area contributed by atoms with Gasteiger partial charge in [-0.3, -0.25) is 0 Å². The second kappa shape index (κ2) is 5.02. The number of nitrogens with zero attached hydrogens (tertiary/aromatic N) is 1. The van der Waals surface area contributed by atoms with Gasteiger partial charge in [-0.1, -0.05) is 0 Å². The van der Waals surface area contributed by atoms with Crippen LogP contribution in [0.25, 0.3) is 0 Å². The molecule has 0 saturated carbocycles. The quantitative estimate of drug-likeness (QED) is 0.750. The van der Waals surface area contributed by atoms with Crippen molar-refractivity contribution < 1.29 is 4.79 Å². The van der Waals surface area contributed by atoms with Crippen LogP contribution in [0.15, 0.2) is 18.3 Å².